The van der Waals surface area contributed by atoms with Crippen molar-refractivity contribution in [3.05, 3.63) is 92.3 Å². The van der Waals surface area contributed by atoms with Gasteiger partial charge in [-0.25, -0.2) is 4.79 Å². The van der Waals surface area contributed by atoms with Crippen LogP contribution >= 0.6 is 0 Å². The summed E-state index contributed by atoms with van der Waals surface area (Å²) in [5.41, 5.74) is 0.753. The van der Waals surface area contributed by atoms with Gasteiger partial charge in [-0.3, -0.25) is 9.36 Å². The van der Waals surface area contributed by atoms with E-state index in [0.717, 1.165) is 20.4 Å². The Balaban J connectivity index is 2.20. The second-order valence-electron chi connectivity index (χ2n) is 5.37. The van der Waals surface area contributed by atoms with Crippen LogP contribution in [-0.4, -0.2) is 14.3 Å². The molecule has 0 unspecified atom stereocenters. The van der Waals surface area contributed by atoms with Crippen molar-refractivity contribution in [2.24, 2.45) is 0 Å². The molecule has 24 heavy (non-hydrogen) atoms. The lowest BCUT2D eigenvalue weighted by Gasteiger charge is -2.10. The molecular weight excluding hydrogens is 304 g/mol. The Morgan fingerprint density at radius 2 is 1.71 bits per heavy atom. The van der Waals surface area contributed by atoms with E-state index in [1.807, 2.05) is 49.4 Å². The average molecular weight is 318 g/mol. The van der Waals surface area contributed by atoms with Gasteiger partial charge in [-0.2, -0.15) is 9.94 Å². The molecule has 0 aliphatic heterocycles. The molecular formula is C18H14N4O2. The summed E-state index contributed by atoms with van der Waals surface area (Å²) in [5.74, 6) is 0. The molecule has 2 aromatic carbocycles. The molecule has 0 bridgehead atoms. The van der Waals surface area contributed by atoms with Gasteiger partial charge in [-0.1, -0.05) is 48.0 Å². The highest BCUT2D eigenvalue weighted by atomic mass is 16.2. The smallest absolute Gasteiger partial charge is 0.266 e. The highest BCUT2D eigenvalue weighted by Crippen LogP contribution is 2.06. The minimum Gasteiger partial charge on any atom is -0.266 e. The standard InChI is InChI=1S/C18H14N4O2/c1-13-7-9-15(10-8-13)22-18(24)21(17(23)16(11-19)20-22)12-14-5-3-2-4-6-14/h2-10H,12H2,1H3. The third-order valence-corrected chi connectivity index (χ3v) is 3.63. The van der Waals surface area contributed by atoms with E-state index in [4.69, 9.17) is 0 Å². The third kappa shape index (κ3) is 2.88. The largest absolute Gasteiger partial charge is 0.352 e. The average Bonchev–Trinajstić information content (AvgIpc) is 2.61. The van der Waals surface area contributed by atoms with Gasteiger partial charge in [-0.05, 0) is 24.6 Å². The first kappa shape index (κ1) is 15.4. The zero-order valence-corrected chi connectivity index (χ0v) is 13.0. The van der Waals surface area contributed by atoms with Gasteiger partial charge in [0.25, 0.3) is 5.56 Å². The number of hydrogen-bond acceptors (Lipinski definition) is 4. The van der Waals surface area contributed by atoms with Crippen molar-refractivity contribution >= 4 is 0 Å². The molecule has 0 atom stereocenters. The summed E-state index contributed by atoms with van der Waals surface area (Å²) >= 11 is 0. The van der Waals surface area contributed by atoms with Crippen LogP contribution in [0, 0.1) is 18.3 Å². The molecule has 0 aliphatic carbocycles. The van der Waals surface area contributed by atoms with Crippen molar-refractivity contribution in [3.8, 4) is 11.8 Å². The summed E-state index contributed by atoms with van der Waals surface area (Å²) in [6.07, 6.45) is 0. The molecule has 1 aromatic heterocycles. The molecule has 0 N–H and O–H groups in total. The second kappa shape index (κ2) is 6.34. The van der Waals surface area contributed by atoms with Crippen molar-refractivity contribution in [1.82, 2.24) is 14.3 Å². The monoisotopic (exact) mass is 318 g/mol. The summed E-state index contributed by atoms with van der Waals surface area (Å²) in [4.78, 5) is 25.0. The van der Waals surface area contributed by atoms with E-state index < -0.39 is 11.2 Å². The third-order valence-electron chi connectivity index (χ3n) is 3.63. The van der Waals surface area contributed by atoms with Crippen LogP contribution < -0.4 is 11.2 Å². The van der Waals surface area contributed by atoms with Crippen molar-refractivity contribution in [1.29, 1.82) is 5.26 Å². The number of nitriles is 1. The van der Waals surface area contributed by atoms with E-state index in [-0.39, 0.29) is 12.2 Å². The molecule has 6 heteroatoms. The lowest BCUT2D eigenvalue weighted by atomic mass is 10.2. The SMILES string of the molecule is Cc1ccc(-n2nc(C#N)c(=O)n(Cc3ccccc3)c2=O)cc1. The Labute approximate surface area is 137 Å². The molecule has 0 amide bonds. The summed E-state index contributed by atoms with van der Waals surface area (Å²) in [5, 5.41) is 13.1. The van der Waals surface area contributed by atoms with Crippen LogP contribution in [0.1, 0.15) is 16.8 Å². The highest BCUT2D eigenvalue weighted by Gasteiger charge is 2.14. The van der Waals surface area contributed by atoms with E-state index in [0.29, 0.717) is 5.69 Å². The maximum absolute atomic E-state index is 12.7. The topological polar surface area (TPSA) is 80.7 Å². The molecule has 0 saturated carbocycles. The van der Waals surface area contributed by atoms with Gasteiger partial charge in [0.15, 0.2) is 0 Å². The number of aryl methyl sites for hydroxylation is 1. The van der Waals surface area contributed by atoms with Gasteiger partial charge in [0, 0.05) is 0 Å². The fourth-order valence-corrected chi connectivity index (χ4v) is 2.34. The van der Waals surface area contributed by atoms with Crippen molar-refractivity contribution in [3.63, 3.8) is 0 Å². The number of rotatable bonds is 3. The summed E-state index contributed by atoms with van der Waals surface area (Å²) in [7, 11) is 0. The van der Waals surface area contributed by atoms with Gasteiger partial charge in [0.2, 0.25) is 5.69 Å². The Morgan fingerprint density at radius 3 is 2.33 bits per heavy atom. The molecule has 0 saturated heterocycles. The number of hydrogen-bond donors (Lipinski definition) is 0. The Bertz CT molecular complexity index is 1030. The van der Waals surface area contributed by atoms with E-state index in [1.165, 1.54) is 0 Å². The van der Waals surface area contributed by atoms with Crippen molar-refractivity contribution < 1.29 is 0 Å². The molecule has 118 valence electrons. The van der Waals surface area contributed by atoms with Gasteiger partial charge in [0.1, 0.15) is 6.07 Å². The van der Waals surface area contributed by atoms with Gasteiger partial charge < -0.3 is 0 Å². The molecule has 6 nitrogen and oxygen atoms in total. The van der Waals surface area contributed by atoms with Crippen LogP contribution in [0.25, 0.3) is 5.69 Å². The summed E-state index contributed by atoms with van der Waals surface area (Å²) < 4.78 is 2.11. The van der Waals surface area contributed by atoms with E-state index in [9.17, 15) is 14.9 Å². The van der Waals surface area contributed by atoms with Crippen LogP contribution in [0.4, 0.5) is 0 Å². The fraction of sp³-hybridized carbons (Fsp3) is 0.111. The molecule has 0 spiro atoms. The molecule has 3 aromatic rings. The zero-order chi connectivity index (χ0) is 17.1. The molecule has 0 fully saturated rings. The Hall–Kier alpha value is -3.46. The summed E-state index contributed by atoms with van der Waals surface area (Å²) in [6.45, 7) is 2.01. The van der Waals surface area contributed by atoms with Crippen molar-refractivity contribution in [2.45, 2.75) is 13.5 Å². The lowest BCUT2D eigenvalue weighted by Crippen LogP contribution is -2.42. The predicted octanol–water partition coefficient (Wildman–Crippen LogP) is 1.62. The molecule has 0 aliphatic rings. The minimum absolute atomic E-state index is 0.0849. The first-order valence-electron chi connectivity index (χ1n) is 7.35. The molecule has 0 radical (unpaired) electrons. The van der Waals surface area contributed by atoms with Gasteiger partial charge in [0.05, 0.1) is 12.2 Å². The molecule has 1 heterocycles. The lowest BCUT2D eigenvalue weighted by molar-refractivity contribution is 0.611. The summed E-state index contributed by atoms with van der Waals surface area (Å²) in [6, 6.07) is 18.0. The Kier molecular flexibility index (Phi) is 4.08. The predicted molar refractivity (Wildman–Crippen MR) is 89.1 cm³/mol. The number of aromatic nitrogens is 3. The van der Waals surface area contributed by atoms with E-state index in [2.05, 4.69) is 5.10 Å². The number of nitrogens with zero attached hydrogens (tertiary/aromatic N) is 4. The van der Waals surface area contributed by atoms with Gasteiger partial charge >= 0.3 is 5.69 Å². The Morgan fingerprint density at radius 1 is 1.04 bits per heavy atom. The number of benzene rings is 2. The maximum atomic E-state index is 12.7. The highest BCUT2D eigenvalue weighted by molar-refractivity contribution is 5.33. The minimum atomic E-state index is -0.685. The van der Waals surface area contributed by atoms with Crippen molar-refractivity contribution in [2.75, 3.05) is 0 Å². The zero-order valence-electron chi connectivity index (χ0n) is 13.0. The van der Waals surface area contributed by atoms with Crippen LogP contribution in [-0.2, 0) is 6.54 Å². The van der Waals surface area contributed by atoms with E-state index >= 15 is 0 Å². The fourth-order valence-electron chi connectivity index (χ4n) is 2.34. The first-order valence-corrected chi connectivity index (χ1v) is 7.35. The van der Waals surface area contributed by atoms with Crippen LogP contribution in [0.15, 0.2) is 64.2 Å². The second-order valence-corrected chi connectivity index (χ2v) is 5.37. The normalized spacial score (nSPS) is 10.3. The van der Waals surface area contributed by atoms with Crippen LogP contribution in [0.3, 0.4) is 0 Å². The maximum Gasteiger partial charge on any atom is 0.352 e. The molecule has 3 rings (SSSR count). The van der Waals surface area contributed by atoms with Crippen LogP contribution in [0.5, 0.6) is 0 Å². The van der Waals surface area contributed by atoms with Gasteiger partial charge in [-0.15, -0.1) is 5.10 Å². The first-order chi connectivity index (χ1) is 11.6. The van der Waals surface area contributed by atoms with Crippen LogP contribution in [0.2, 0.25) is 0 Å². The quantitative estimate of drug-likeness (QED) is 0.735. The van der Waals surface area contributed by atoms with E-state index in [1.54, 1.807) is 18.2 Å².